The molecule has 2 aromatic heterocycles. The van der Waals surface area contributed by atoms with Crippen LogP contribution in [0.4, 0.5) is 10.8 Å². The average Bonchev–Trinajstić information content (AvgIpc) is 3.03. The highest BCUT2D eigenvalue weighted by Gasteiger charge is 2.21. The molecule has 18 heavy (non-hydrogen) atoms. The van der Waals surface area contributed by atoms with Crippen LogP contribution in [0.3, 0.4) is 0 Å². The van der Waals surface area contributed by atoms with E-state index in [9.17, 15) is 0 Å². The number of aryl methyl sites for hydroxylation is 1. The Hall–Kier alpha value is -1.18. The minimum Gasteiger partial charge on any atom is -0.382 e. The Labute approximate surface area is 113 Å². The zero-order chi connectivity index (χ0) is 12.5. The molecule has 1 saturated heterocycles. The lowest BCUT2D eigenvalue weighted by Crippen LogP contribution is -2.18. The maximum atomic E-state index is 5.95. The summed E-state index contributed by atoms with van der Waals surface area (Å²) >= 11 is 3.01. The van der Waals surface area contributed by atoms with Gasteiger partial charge < -0.3 is 15.8 Å². The molecule has 7 heteroatoms. The van der Waals surface area contributed by atoms with Crippen LogP contribution in [-0.2, 0) is 4.74 Å². The molecule has 1 fully saturated rings. The van der Waals surface area contributed by atoms with Crippen LogP contribution < -0.4 is 11.1 Å². The van der Waals surface area contributed by atoms with Crippen molar-refractivity contribution in [2.75, 3.05) is 24.3 Å². The summed E-state index contributed by atoms with van der Waals surface area (Å²) in [5.74, 6) is 0.548. The van der Waals surface area contributed by atoms with E-state index >= 15 is 0 Å². The molecule has 1 aliphatic heterocycles. The van der Waals surface area contributed by atoms with Crippen molar-refractivity contribution in [3.8, 4) is 11.3 Å². The summed E-state index contributed by atoms with van der Waals surface area (Å²) < 4.78 is 9.59. The largest absolute Gasteiger partial charge is 0.382 e. The van der Waals surface area contributed by atoms with Gasteiger partial charge in [0.2, 0.25) is 0 Å². The second kappa shape index (κ2) is 4.83. The van der Waals surface area contributed by atoms with Gasteiger partial charge >= 0.3 is 0 Å². The predicted molar refractivity (Wildman–Crippen MR) is 75.2 cm³/mol. The van der Waals surface area contributed by atoms with Crippen molar-refractivity contribution >= 4 is 33.7 Å². The van der Waals surface area contributed by atoms with E-state index in [1.54, 1.807) is 11.3 Å². The van der Waals surface area contributed by atoms with Gasteiger partial charge in [-0.2, -0.15) is 4.37 Å². The third-order valence-electron chi connectivity index (χ3n) is 2.86. The van der Waals surface area contributed by atoms with Crippen LogP contribution >= 0.6 is 22.9 Å². The molecule has 5 nitrogen and oxygen atoms in total. The zero-order valence-corrected chi connectivity index (χ0v) is 11.6. The van der Waals surface area contributed by atoms with Gasteiger partial charge in [0.15, 0.2) is 0 Å². The highest BCUT2D eigenvalue weighted by atomic mass is 32.1. The minimum atomic E-state index is 0.350. The standard InChI is InChI=1S/C11H14N4OS2/c1-6-13-8(5-17-6)9-10(12)15-18-11(9)14-7-2-3-16-4-7/h5,7,14H,2-4H2,1H3,(H2,12,15). The third-order valence-corrected chi connectivity index (χ3v) is 4.42. The molecule has 0 radical (unpaired) electrons. The molecule has 2 aromatic rings. The number of nitrogens with two attached hydrogens (primary N) is 1. The molecule has 3 N–H and O–H groups in total. The quantitative estimate of drug-likeness (QED) is 0.904. The molecule has 0 aliphatic carbocycles. The van der Waals surface area contributed by atoms with Crippen LogP contribution in [0, 0.1) is 6.92 Å². The topological polar surface area (TPSA) is 73.1 Å². The van der Waals surface area contributed by atoms with E-state index in [-0.39, 0.29) is 0 Å². The van der Waals surface area contributed by atoms with Crippen molar-refractivity contribution in [2.45, 2.75) is 19.4 Å². The Bertz CT molecular complexity index is 545. The van der Waals surface area contributed by atoms with Crippen molar-refractivity contribution in [2.24, 2.45) is 0 Å². The lowest BCUT2D eigenvalue weighted by atomic mass is 10.2. The number of nitrogens with one attached hydrogen (secondary N) is 1. The molecule has 1 aliphatic rings. The first-order valence-electron chi connectivity index (χ1n) is 5.76. The number of nitrogen functional groups attached to an aromatic ring is 1. The lowest BCUT2D eigenvalue weighted by molar-refractivity contribution is 0.195. The maximum Gasteiger partial charge on any atom is 0.148 e. The molecular weight excluding hydrogens is 268 g/mol. The first-order chi connectivity index (χ1) is 8.74. The smallest absolute Gasteiger partial charge is 0.148 e. The number of hydrogen-bond acceptors (Lipinski definition) is 7. The molecule has 0 bridgehead atoms. The summed E-state index contributed by atoms with van der Waals surface area (Å²) in [6.45, 7) is 3.55. The highest BCUT2D eigenvalue weighted by molar-refractivity contribution is 7.11. The van der Waals surface area contributed by atoms with E-state index in [2.05, 4.69) is 14.7 Å². The molecule has 1 atom stereocenters. The summed E-state index contributed by atoms with van der Waals surface area (Å²) in [5, 5.41) is 7.50. The molecule has 1 unspecified atom stereocenters. The number of anilines is 2. The summed E-state index contributed by atoms with van der Waals surface area (Å²) in [6.07, 6.45) is 1.02. The Kier molecular flexibility index (Phi) is 3.19. The molecule has 0 aromatic carbocycles. The molecule has 96 valence electrons. The molecular formula is C11H14N4OS2. The Morgan fingerprint density at radius 2 is 2.44 bits per heavy atom. The molecule has 3 rings (SSSR count). The second-order valence-corrected chi connectivity index (χ2v) is 6.06. The number of ether oxygens (including phenoxy) is 1. The Morgan fingerprint density at radius 1 is 1.56 bits per heavy atom. The minimum absolute atomic E-state index is 0.350. The summed E-state index contributed by atoms with van der Waals surface area (Å²) in [7, 11) is 0. The van der Waals surface area contributed by atoms with Crippen LogP contribution in [-0.4, -0.2) is 28.6 Å². The summed E-state index contributed by atoms with van der Waals surface area (Å²) in [5.41, 5.74) is 7.78. The number of rotatable bonds is 3. The van der Waals surface area contributed by atoms with Crippen molar-refractivity contribution in [3.63, 3.8) is 0 Å². The van der Waals surface area contributed by atoms with Gasteiger partial charge in [0, 0.05) is 12.0 Å². The normalized spacial score (nSPS) is 19.3. The molecule has 0 amide bonds. The van der Waals surface area contributed by atoms with Gasteiger partial charge in [0.1, 0.15) is 10.8 Å². The first-order valence-corrected chi connectivity index (χ1v) is 7.41. The molecule has 0 spiro atoms. The van der Waals surface area contributed by atoms with E-state index in [1.165, 1.54) is 11.5 Å². The van der Waals surface area contributed by atoms with Crippen LogP contribution in [0.5, 0.6) is 0 Å². The van der Waals surface area contributed by atoms with Gasteiger partial charge in [-0.3, -0.25) is 0 Å². The Morgan fingerprint density at radius 3 is 3.11 bits per heavy atom. The van der Waals surface area contributed by atoms with E-state index in [0.717, 1.165) is 40.9 Å². The lowest BCUT2D eigenvalue weighted by Gasteiger charge is -2.10. The monoisotopic (exact) mass is 282 g/mol. The van der Waals surface area contributed by atoms with Gasteiger partial charge in [-0.1, -0.05) is 0 Å². The highest BCUT2D eigenvalue weighted by Crippen LogP contribution is 2.37. The fraction of sp³-hybridized carbons (Fsp3) is 0.455. The van der Waals surface area contributed by atoms with Crippen molar-refractivity contribution in [1.82, 2.24) is 9.36 Å². The fourth-order valence-corrected chi connectivity index (χ4v) is 3.36. The second-order valence-electron chi connectivity index (χ2n) is 4.23. The number of nitrogens with zero attached hydrogens (tertiary/aromatic N) is 2. The average molecular weight is 282 g/mol. The summed E-state index contributed by atoms with van der Waals surface area (Å²) in [6, 6.07) is 0.350. The molecule has 3 heterocycles. The van der Waals surface area contributed by atoms with Crippen molar-refractivity contribution in [3.05, 3.63) is 10.4 Å². The Balaban J connectivity index is 1.90. The zero-order valence-electron chi connectivity index (χ0n) is 9.97. The first kappa shape index (κ1) is 11.9. The van der Waals surface area contributed by atoms with Gasteiger partial charge in [-0.05, 0) is 24.9 Å². The van der Waals surface area contributed by atoms with Gasteiger partial charge in [0.05, 0.1) is 28.9 Å². The fourth-order valence-electron chi connectivity index (χ4n) is 1.96. The van der Waals surface area contributed by atoms with Gasteiger partial charge in [-0.25, -0.2) is 4.98 Å². The predicted octanol–water partition coefficient (Wildman–Crippen LogP) is 2.36. The van der Waals surface area contributed by atoms with Crippen molar-refractivity contribution in [1.29, 1.82) is 0 Å². The molecule has 0 saturated carbocycles. The maximum absolute atomic E-state index is 5.95. The number of aromatic nitrogens is 2. The van der Waals surface area contributed by atoms with Crippen LogP contribution in [0.15, 0.2) is 5.38 Å². The number of thiazole rings is 1. The van der Waals surface area contributed by atoms with Gasteiger partial charge in [-0.15, -0.1) is 11.3 Å². The van der Waals surface area contributed by atoms with E-state index < -0.39 is 0 Å². The van der Waals surface area contributed by atoms with Crippen LogP contribution in [0.2, 0.25) is 0 Å². The van der Waals surface area contributed by atoms with Gasteiger partial charge in [0.25, 0.3) is 0 Å². The van der Waals surface area contributed by atoms with E-state index in [0.29, 0.717) is 11.9 Å². The van der Waals surface area contributed by atoms with E-state index in [4.69, 9.17) is 10.5 Å². The van der Waals surface area contributed by atoms with Crippen LogP contribution in [0.25, 0.3) is 11.3 Å². The summed E-state index contributed by atoms with van der Waals surface area (Å²) in [4.78, 5) is 4.48. The number of hydrogen-bond donors (Lipinski definition) is 2. The van der Waals surface area contributed by atoms with Crippen LogP contribution in [0.1, 0.15) is 11.4 Å². The SMILES string of the molecule is Cc1nc(-c2c(N)nsc2NC2CCOC2)cs1. The third kappa shape index (κ3) is 2.21. The van der Waals surface area contributed by atoms with E-state index in [1.807, 2.05) is 12.3 Å². The van der Waals surface area contributed by atoms with Crippen molar-refractivity contribution < 1.29 is 4.74 Å².